The van der Waals surface area contributed by atoms with Gasteiger partial charge in [0, 0.05) is 0 Å². The quantitative estimate of drug-likeness (QED) is 0.236. The van der Waals surface area contributed by atoms with Crippen molar-refractivity contribution in [2.45, 2.75) is 0 Å². The molecule has 0 aromatic heterocycles. The van der Waals surface area contributed by atoms with Crippen molar-refractivity contribution < 1.29 is 67.9 Å². The van der Waals surface area contributed by atoms with Crippen molar-refractivity contribution in [2.24, 2.45) is 0 Å². The van der Waals surface area contributed by atoms with Crippen LogP contribution in [-0.4, -0.2) is 42.5 Å². The van der Waals surface area contributed by atoms with E-state index < -0.39 is 7.82 Å². The first-order chi connectivity index (χ1) is 5.00. The molecule has 0 saturated heterocycles. The molecule has 11 heteroatoms. The van der Waals surface area contributed by atoms with Gasteiger partial charge in [0.2, 0.25) is 0 Å². The summed E-state index contributed by atoms with van der Waals surface area (Å²) in [6.45, 7) is 0. The first-order valence-electron chi connectivity index (χ1n) is 2.85. The third kappa shape index (κ3) is 141. The molecule has 56 valence electrons. The van der Waals surface area contributed by atoms with E-state index in [1.807, 2.05) is 0 Å². The van der Waals surface area contributed by atoms with Gasteiger partial charge in [-0.3, -0.25) is 0 Å². The molecule has 0 aliphatic heterocycles. The van der Waals surface area contributed by atoms with Gasteiger partial charge in [-0.2, -0.15) is 7.82 Å². The maximum atomic E-state index is 8.55. The molecule has 0 aromatic rings. The van der Waals surface area contributed by atoms with Crippen LogP contribution in [0, 0.1) is 0 Å². The van der Waals surface area contributed by atoms with Crippen LogP contribution < -0.4 is 14.7 Å². The summed E-state index contributed by atoms with van der Waals surface area (Å²) in [5.41, 5.74) is 0. The molecule has 0 bridgehead atoms. The molecule has 0 saturated carbocycles. The summed E-state index contributed by atoms with van der Waals surface area (Å²) in [6, 6.07) is 0. The predicted octanol–water partition coefficient (Wildman–Crippen LogP) is -6.38. The van der Waals surface area contributed by atoms with Gasteiger partial charge in [-0.05, 0) is 0 Å². The third-order valence-electron chi connectivity index (χ3n) is 0. The monoisotopic (exact) mass is 518 g/mol. The van der Waals surface area contributed by atoms with Crippen LogP contribution in [0.4, 0.5) is 0 Å². The second-order valence-corrected chi connectivity index (χ2v) is 1.34. The van der Waals surface area contributed by atoms with E-state index in [0.29, 0.717) is 0 Å². The van der Waals surface area contributed by atoms with Gasteiger partial charge in [0.1, 0.15) is 0 Å². The second-order valence-electron chi connectivity index (χ2n) is 0.447. The van der Waals surface area contributed by atoms with Crippen LogP contribution in [0.1, 0.15) is 0 Å². The minimum atomic E-state index is -5.39. The van der Waals surface area contributed by atoms with Gasteiger partial charge in [-0.25, -0.2) is 0 Å². The summed E-state index contributed by atoms with van der Waals surface area (Å²) in [5.74, 6) is 0. The predicted molar refractivity (Wildman–Crippen MR) is 37.4 cm³/mol. The number of hydrogen-bond donors (Lipinski definition) is 0. The van der Waals surface area contributed by atoms with E-state index in [2.05, 4.69) is 0 Å². The Bertz CT molecular complexity index is 66.7. The first kappa shape index (κ1) is 24.0. The van der Waals surface area contributed by atoms with E-state index in [4.69, 9.17) is 19.2 Å². The van der Waals surface area contributed by atoms with Crippen molar-refractivity contribution in [3.63, 3.8) is 0 Å². The van der Waals surface area contributed by atoms with Crippen molar-refractivity contribution in [2.75, 3.05) is 0 Å². The first-order valence-corrected chi connectivity index (χ1v) is 59.5. The van der Waals surface area contributed by atoms with Crippen LogP contribution in [0.2, 0.25) is 0 Å². The Hall–Kier alpha value is 3.61. The average Bonchev–Trinajstić information content (AvgIpc) is 1.96. The summed E-state index contributed by atoms with van der Waals surface area (Å²) in [5, 5.41) is 0. The second kappa shape index (κ2) is 23.4. The van der Waals surface area contributed by atoms with Crippen LogP contribution in [-0.2, 0) is 53.2 Å². The number of rotatable bonds is 0. The van der Waals surface area contributed by atoms with Gasteiger partial charge in [-0.1, -0.05) is 0 Å². The SMILES string of the molecule is O=P([O-])([O-])[O-].[Zn+][GeH3].[Zn+][GeH3].[Zn+][GeH3]. The molecule has 0 aliphatic rings. The molecule has 0 radical (unpaired) electrons. The minimum absolute atomic E-state index is 1.19. The van der Waals surface area contributed by atoms with Gasteiger partial charge < -0.3 is 19.2 Å². The Labute approximate surface area is 116 Å². The fourth-order valence-electron chi connectivity index (χ4n) is 0. The van der Waals surface area contributed by atoms with E-state index in [9.17, 15) is 0 Å². The van der Waals surface area contributed by atoms with Crippen LogP contribution >= 0.6 is 7.82 Å². The molecule has 0 N–H and O–H groups in total. The Morgan fingerprint density at radius 1 is 0.818 bits per heavy atom. The summed E-state index contributed by atoms with van der Waals surface area (Å²) < 4.78 is 8.55. The third-order valence-corrected chi connectivity index (χ3v) is 0. The van der Waals surface area contributed by atoms with Crippen LogP contribution in [0.25, 0.3) is 0 Å². The molecule has 0 heterocycles. The van der Waals surface area contributed by atoms with Crippen LogP contribution in [0.15, 0.2) is 0 Å². The molecule has 0 fully saturated rings. The topological polar surface area (TPSA) is 86.2 Å². The molecular weight excluding hydrogens is 509 g/mol. The fourth-order valence-corrected chi connectivity index (χ4v) is 0. The summed E-state index contributed by atoms with van der Waals surface area (Å²) in [4.78, 5) is 25.6. The van der Waals surface area contributed by atoms with Crippen molar-refractivity contribution in [1.82, 2.24) is 0 Å². The molecule has 0 rings (SSSR count). The van der Waals surface area contributed by atoms with Gasteiger partial charge >= 0.3 is 91.1 Å². The summed E-state index contributed by atoms with van der Waals surface area (Å²) >= 11 is 8.25. The normalized spacial score (nSPS) is 8.09. The van der Waals surface area contributed by atoms with E-state index in [-0.39, 0.29) is 0 Å². The van der Waals surface area contributed by atoms with Crippen molar-refractivity contribution in [3.05, 3.63) is 0 Å². The zero-order chi connectivity index (χ0) is 10.5. The van der Waals surface area contributed by atoms with Gasteiger partial charge in [0.15, 0.2) is 0 Å². The van der Waals surface area contributed by atoms with Gasteiger partial charge in [-0.15, -0.1) is 0 Å². The van der Waals surface area contributed by atoms with E-state index in [1.54, 1.807) is 48.6 Å². The Morgan fingerprint density at radius 2 is 0.818 bits per heavy atom. The van der Waals surface area contributed by atoms with Gasteiger partial charge in [0.25, 0.3) is 0 Å². The van der Waals surface area contributed by atoms with Crippen molar-refractivity contribution >= 4 is 50.3 Å². The molecule has 0 aromatic carbocycles. The van der Waals surface area contributed by atoms with Crippen molar-refractivity contribution in [1.29, 1.82) is 0 Å². The Morgan fingerprint density at radius 3 is 0.818 bits per heavy atom. The molecule has 0 atom stereocenters. The zero-order valence-electron chi connectivity index (χ0n) is 7.20. The van der Waals surface area contributed by atoms with E-state index >= 15 is 0 Å². The number of phosphoric acid groups is 1. The van der Waals surface area contributed by atoms with Crippen LogP contribution in [0.3, 0.4) is 0 Å². The fraction of sp³-hybridized carbons (Fsp3) is 0. The molecule has 0 spiro atoms. The van der Waals surface area contributed by atoms with Gasteiger partial charge in [0.05, 0.1) is 0 Å². The van der Waals surface area contributed by atoms with E-state index in [1.165, 1.54) is 42.5 Å². The standard InChI is InChI=1S/3GeH3.H3O4P.3Zn/c;;;1-5(2,3)4;;;/h3*1H3;(H3,1,2,3,4);;;/q;;;;3*+1/p-3. The molecule has 0 amide bonds. The number of hydrogen-bond acceptors (Lipinski definition) is 4. The zero-order valence-corrected chi connectivity index (χ0v) is 29.6. The van der Waals surface area contributed by atoms with E-state index in [0.717, 1.165) is 0 Å². The Balaban J connectivity index is -0.0000000350. The van der Waals surface area contributed by atoms with Crippen molar-refractivity contribution in [3.8, 4) is 0 Å². The molecule has 11 heavy (non-hydrogen) atoms. The molecule has 0 unspecified atom stereocenters. The Kier molecular flexibility index (Phi) is 51.2. The maximum absolute atomic E-state index is 8.55. The summed E-state index contributed by atoms with van der Waals surface area (Å²) in [6.07, 6.45) is 0. The van der Waals surface area contributed by atoms with Crippen LogP contribution in [0.5, 0.6) is 0 Å². The molecule has 4 nitrogen and oxygen atoms in total. The summed E-state index contributed by atoms with van der Waals surface area (Å²) in [7, 11) is -5.39. The molecule has 0 aliphatic carbocycles. The average molecular weight is 518 g/mol. The molecular formula is H9Ge3O4PZn3.